The zero-order chi connectivity index (χ0) is 17.7. The minimum atomic E-state index is -0.721. The summed E-state index contributed by atoms with van der Waals surface area (Å²) >= 11 is 5.83. The van der Waals surface area contributed by atoms with Crippen LogP contribution in [-0.4, -0.2) is 45.2 Å². The van der Waals surface area contributed by atoms with Gasteiger partial charge in [0.15, 0.2) is 0 Å². The standard InChI is InChI=1S/C15H18ClN5O3/c1-9(2)13(15(23)24-3)17-12(22)8-21-19-14(18-20-21)10-4-6-11(16)7-5-10/h4-7,9,13H,8H2,1-3H3,(H,17,22). The molecule has 0 aliphatic heterocycles. The van der Waals surface area contributed by atoms with Crippen molar-refractivity contribution < 1.29 is 14.3 Å². The van der Waals surface area contributed by atoms with Gasteiger partial charge in [0.05, 0.1) is 7.11 Å². The molecule has 2 rings (SSSR count). The highest BCUT2D eigenvalue weighted by atomic mass is 35.5. The van der Waals surface area contributed by atoms with Gasteiger partial charge in [-0.1, -0.05) is 25.4 Å². The second kappa shape index (κ2) is 7.87. The summed E-state index contributed by atoms with van der Waals surface area (Å²) in [5, 5.41) is 15.1. The Labute approximate surface area is 144 Å². The summed E-state index contributed by atoms with van der Waals surface area (Å²) in [6.45, 7) is 3.48. The third-order valence-electron chi connectivity index (χ3n) is 3.28. The van der Waals surface area contributed by atoms with Gasteiger partial charge >= 0.3 is 5.97 Å². The average molecular weight is 352 g/mol. The number of hydrogen-bond acceptors (Lipinski definition) is 6. The molecule has 0 bridgehead atoms. The molecule has 1 aromatic carbocycles. The van der Waals surface area contributed by atoms with Crippen molar-refractivity contribution in [3.05, 3.63) is 29.3 Å². The van der Waals surface area contributed by atoms with Crippen molar-refractivity contribution in [1.29, 1.82) is 0 Å². The molecule has 0 saturated heterocycles. The summed E-state index contributed by atoms with van der Waals surface area (Å²) in [6, 6.07) is 6.23. The maximum atomic E-state index is 12.1. The van der Waals surface area contributed by atoms with Crippen LogP contribution < -0.4 is 5.32 Å². The molecular weight excluding hydrogens is 334 g/mol. The minimum absolute atomic E-state index is 0.102. The lowest BCUT2D eigenvalue weighted by molar-refractivity contribution is -0.146. The van der Waals surface area contributed by atoms with E-state index in [0.29, 0.717) is 10.8 Å². The van der Waals surface area contributed by atoms with E-state index in [2.05, 4.69) is 25.5 Å². The molecule has 1 atom stereocenters. The van der Waals surface area contributed by atoms with Gasteiger partial charge in [0.25, 0.3) is 0 Å². The smallest absolute Gasteiger partial charge is 0.328 e. The number of ether oxygens (including phenoxy) is 1. The fraction of sp³-hybridized carbons (Fsp3) is 0.400. The molecule has 24 heavy (non-hydrogen) atoms. The first-order valence-electron chi connectivity index (χ1n) is 7.31. The molecule has 128 valence electrons. The van der Waals surface area contributed by atoms with Crippen LogP contribution in [0, 0.1) is 5.92 Å². The Morgan fingerprint density at radius 2 is 1.96 bits per heavy atom. The predicted molar refractivity (Wildman–Crippen MR) is 87.0 cm³/mol. The first-order valence-corrected chi connectivity index (χ1v) is 7.69. The number of methoxy groups -OCH3 is 1. The van der Waals surface area contributed by atoms with E-state index in [4.69, 9.17) is 11.6 Å². The van der Waals surface area contributed by atoms with Crippen LogP contribution in [0.1, 0.15) is 13.8 Å². The molecule has 0 saturated carbocycles. The lowest BCUT2D eigenvalue weighted by atomic mass is 10.0. The quantitative estimate of drug-likeness (QED) is 0.788. The van der Waals surface area contributed by atoms with E-state index in [1.54, 1.807) is 24.3 Å². The highest BCUT2D eigenvalue weighted by Gasteiger charge is 2.25. The molecule has 8 nitrogen and oxygen atoms in total. The molecule has 2 aromatic rings. The van der Waals surface area contributed by atoms with E-state index in [-0.39, 0.29) is 12.5 Å². The number of carbonyl (C=O) groups excluding carboxylic acids is 2. The number of carbonyl (C=O) groups is 2. The van der Waals surface area contributed by atoms with E-state index in [9.17, 15) is 9.59 Å². The van der Waals surface area contributed by atoms with Crippen molar-refractivity contribution in [2.45, 2.75) is 26.4 Å². The van der Waals surface area contributed by atoms with Gasteiger partial charge in [-0.05, 0) is 35.4 Å². The molecule has 1 aromatic heterocycles. The van der Waals surface area contributed by atoms with E-state index in [1.807, 2.05) is 13.8 Å². The molecule has 1 unspecified atom stereocenters. The summed E-state index contributed by atoms with van der Waals surface area (Å²) in [4.78, 5) is 24.9. The van der Waals surface area contributed by atoms with E-state index >= 15 is 0 Å². The average Bonchev–Trinajstić information content (AvgIpc) is 3.00. The van der Waals surface area contributed by atoms with Crippen LogP contribution in [0.4, 0.5) is 0 Å². The third kappa shape index (κ3) is 4.51. The van der Waals surface area contributed by atoms with Crippen LogP contribution in [0.25, 0.3) is 11.4 Å². The monoisotopic (exact) mass is 351 g/mol. The van der Waals surface area contributed by atoms with Crippen molar-refractivity contribution in [1.82, 2.24) is 25.5 Å². The number of nitrogens with zero attached hydrogens (tertiary/aromatic N) is 4. The summed E-state index contributed by atoms with van der Waals surface area (Å²) in [6.07, 6.45) is 0. The summed E-state index contributed by atoms with van der Waals surface area (Å²) in [7, 11) is 1.28. The summed E-state index contributed by atoms with van der Waals surface area (Å²) < 4.78 is 4.68. The molecule has 1 N–H and O–H groups in total. The van der Waals surface area contributed by atoms with Crippen molar-refractivity contribution >= 4 is 23.5 Å². The van der Waals surface area contributed by atoms with Gasteiger partial charge in [0.2, 0.25) is 11.7 Å². The van der Waals surface area contributed by atoms with Crippen LogP contribution in [0.5, 0.6) is 0 Å². The van der Waals surface area contributed by atoms with Crippen molar-refractivity contribution in [3.8, 4) is 11.4 Å². The first-order chi connectivity index (χ1) is 11.4. The van der Waals surface area contributed by atoms with Crippen molar-refractivity contribution in [2.75, 3.05) is 7.11 Å². The van der Waals surface area contributed by atoms with Gasteiger partial charge in [-0.25, -0.2) is 4.79 Å². The Bertz CT molecular complexity index is 714. The molecule has 9 heteroatoms. The maximum Gasteiger partial charge on any atom is 0.328 e. The lowest BCUT2D eigenvalue weighted by Gasteiger charge is -2.19. The Balaban J connectivity index is 2.02. The van der Waals surface area contributed by atoms with Crippen LogP contribution >= 0.6 is 11.6 Å². The zero-order valence-corrected chi connectivity index (χ0v) is 14.3. The highest BCUT2D eigenvalue weighted by molar-refractivity contribution is 6.30. The van der Waals surface area contributed by atoms with Gasteiger partial charge in [0, 0.05) is 10.6 Å². The van der Waals surface area contributed by atoms with Gasteiger partial charge in [-0.3, -0.25) is 4.79 Å². The minimum Gasteiger partial charge on any atom is -0.467 e. The Morgan fingerprint density at radius 3 is 2.54 bits per heavy atom. The van der Waals surface area contributed by atoms with E-state index in [0.717, 1.165) is 10.4 Å². The number of hydrogen-bond donors (Lipinski definition) is 1. The zero-order valence-electron chi connectivity index (χ0n) is 13.6. The normalized spacial score (nSPS) is 12.0. The third-order valence-corrected chi connectivity index (χ3v) is 3.53. The predicted octanol–water partition coefficient (Wildman–Crippen LogP) is 1.31. The fourth-order valence-corrected chi connectivity index (χ4v) is 2.12. The van der Waals surface area contributed by atoms with Crippen LogP contribution in [0.2, 0.25) is 5.02 Å². The summed E-state index contributed by atoms with van der Waals surface area (Å²) in [5.74, 6) is -0.617. The number of rotatable bonds is 6. The number of halogens is 1. The molecule has 0 radical (unpaired) electrons. The number of nitrogens with one attached hydrogen (secondary N) is 1. The maximum absolute atomic E-state index is 12.1. The molecule has 0 fully saturated rings. The lowest BCUT2D eigenvalue weighted by Crippen LogP contribution is -2.46. The molecule has 0 aliphatic carbocycles. The molecule has 0 spiro atoms. The highest BCUT2D eigenvalue weighted by Crippen LogP contribution is 2.16. The van der Waals surface area contributed by atoms with Gasteiger partial charge in [-0.2, -0.15) is 4.80 Å². The fourth-order valence-electron chi connectivity index (χ4n) is 2.00. The number of tetrazole rings is 1. The largest absolute Gasteiger partial charge is 0.467 e. The van der Waals surface area contributed by atoms with Crippen molar-refractivity contribution in [3.63, 3.8) is 0 Å². The summed E-state index contributed by atoms with van der Waals surface area (Å²) in [5.41, 5.74) is 0.737. The Morgan fingerprint density at radius 1 is 1.29 bits per heavy atom. The molecule has 0 aliphatic rings. The van der Waals surface area contributed by atoms with Gasteiger partial charge in [0.1, 0.15) is 12.6 Å². The van der Waals surface area contributed by atoms with Crippen LogP contribution in [0.3, 0.4) is 0 Å². The van der Waals surface area contributed by atoms with Crippen LogP contribution in [0.15, 0.2) is 24.3 Å². The number of benzene rings is 1. The van der Waals surface area contributed by atoms with Gasteiger partial charge < -0.3 is 10.1 Å². The number of amides is 1. The topological polar surface area (TPSA) is 99.0 Å². The molecule has 1 heterocycles. The second-order valence-electron chi connectivity index (χ2n) is 5.46. The molecular formula is C15H18ClN5O3. The Kier molecular flexibility index (Phi) is 5.86. The first kappa shape index (κ1) is 17.9. The van der Waals surface area contributed by atoms with Crippen LogP contribution in [-0.2, 0) is 20.9 Å². The SMILES string of the molecule is COC(=O)C(NC(=O)Cn1nnc(-c2ccc(Cl)cc2)n1)C(C)C. The Hall–Kier alpha value is -2.48. The van der Waals surface area contributed by atoms with Gasteiger partial charge in [-0.15, -0.1) is 10.2 Å². The van der Waals surface area contributed by atoms with E-state index < -0.39 is 17.9 Å². The number of esters is 1. The van der Waals surface area contributed by atoms with Crippen molar-refractivity contribution in [2.24, 2.45) is 5.92 Å². The van der Waals surface area contributed by atoms with E-state index in [1.165, 1.54) is 7.11 Å². The molecule has 1 amide bonds. The number of aromatic nitrogens is 4. The second-order valence-corrected chi connectivity index (χ2v) is 5.90.